The number of piperazine rings is 1. The molecule has 0 spiro atoms. The van der Waals surface area contributed by atoms with Crippen LogP contribution in [0.3, 0.4) is 0 Å². The number of benzene rings is 2. The van der Waals surface area contributed by atoms with Crippen molar-refractivity contribution >= 4 is 35.1 Å². The lowest BCUT2D eigenvalue weighted by Crippen LogP contribution is -2.54. The van der Waals surface area contributed by atoms with Crippen LogP contribution >= 0.6 is 11.8 Å². The molecule has 7 heteroatoms. The predicted octanol–water partition coefficient (Wildman–Crippen LogP) is 3.72. The van der Waals surface area contributed by atoms with E-state index in [1.807, 2.05) is 29.2 Å². The molecule has 2 atom stereocenters. The number of nitrogens with zero attached hydrogens (tertiary/aromatic N) is 2. The molecule has 2 aromatic rings. The third-order valence-electron chi connectivity index (χ3n) is 5.82. The van der Waals surface area contributed by atoms with Crippen molar-refractivity contribution in [1.29, 1.82) is 0 Å². The molecule has 3 heterocycles. The molecule has 0 bridgehead atoms. The van der Waals surface area contributed by atoms with Crippen LogP contribution < -0.4 is 24.6 Å². The van der Waals surface area contributed by atoms with E-state index in [0.717, 1.165) is 40.7 Å². The van der Waals surface area contributed by atoms with E-state index in [1.165, 1.54) is 5.69 Å². The lowest BCUT2D eigenvalue weighted by atomic mass is 10.1. The van der Waals surface area contributed by atoms with Crippen LogP contribution in [0.5, 0.6) is 11.5 Å². The molecule has 3 aliphatic heterocycles. The molecule has 2 saturated heterocycles. The summed E-state index contributed by atoms with van der Waals surface area (Å²) in [4.78, 5) is 18.4. The molecule has 3 aliphatic rings. The van der Waals surface area contributed by atoms with Crippen LogP contribution in [0.4, 0.5) is 11.4 Å². The molecule has 0 saturated carbocycles. The molecule has 2 unspecified atom stereocenters. The lowest BCUT2D eigenvalue weighted by Gasteiger charge is -2.38. The highest BCUT2D eigenvalue weighted by molar-refractivity contribution is 8.04. The van der Waals surface area contributed by atoms with Crippen LogP contribution in [0.2, 0.25) is 0 Å². The maximum atomic E-state index is 13.4. The van der Waals surface area contributed by atoms with Crippen molar-refractivity contribution in [3.05, 3.63) is 52.9 Å². The highest BCUT2D eigenvalue weighted by Crippen LogP contribution is 2.38. The molecule has 162 valence electrons. The standard InChI is InChI=1S/C24H27N3O3S/c1-16-13-26(14-17(2)25-16)20-6-4-3-5-18(20)11-23-24(28)27(9-10-31-23)19-7-8-21-22(12-19)30-15-29-21/h3-8,11-12,16-17,25H,9-10,13-15H2,1-2H3. The molecule has 6 nitrogen and oxygen atoms in total. The molecule has 2 aromatic carbocycles. The van der Waals surface area contributed by atoms with Gasteiger partial charge in [-0.2, -0.15) is 0 Å². The van der Waals surface area contributed by atoms with Crippen molar-refractivity contribution < 1.29 is 14.3 Å². The summed E-state index contributed by atoms with van der Waals surface area (Å²) in [6.45, 7) is 7.24. The molecule has 0 radical (unpaired) electrons. The fourth-order valence-corrected chi connectivity index (χ4v) is 5.45. The van der Waals surface area contributed by atoms with Crippen molar-refractivity contribution in [2.45, 2.75) is 25.9 Å². The van der Waals surface area contributed by atoms with Gasteiger partial charge in [-0.1, -0.05) is 18.2 Å². The van der Waals surface area contributed by atoms with Crippen molar-refractivity contribution in [1.82, 2.24) is 5.32 Å². The van der Waals surface area contributed by atoms with Gasteiger partial charge < -0.3 is 24.6 Å². The van der Waals surface area contributed by atoms with Gasteiger partial charge in [-0.05, 0) is 43.7 Å². The van der Waals surface area contributed by atoms with E-state index < -0.39 is 0 Å². The second kappa shape index (κ2) is 8.48. The van der Waals surface area contributed by atoms with Crippen molar-refractivity contribution in [3.63, 3.8) is 0 Å². The summed E-state index contributed by atoms with van der Waals surface area (Å²) in [5, 5.41) is 3.59. The maximum absolute atomic E-state index is 13.4. The van der Waals surface area contributed by atoms with Gasteiger partial charge in [-0.3, -0.25) is 4.79 Å². The third kappa shape index (κ3) is 4.12. The number of nitrogens with one attached hydrogen (secondary N) is 1. The molecular formula is C24H27N3O3S. The van der Waals surface area contributed by atoms with E-state index in [4.69, 9.17) is 9.47 Å². The fraction of sp³-hybridized carbons (Fsp3) is 0.375. The molecule has 31 heavy (non-hydrogen) atoms. The smallest absolute Gasteiger partial charge is 0.264 e. The minimum absolute atomic E-state index is 0.0342. The number of ether oxygens (including phenoxy) is 2. The van der Waals surface area contributed by atoms with Crippen LogP contribution in [0, 0.1) is 0 Å². The monoisotopic (exact) mass is 437 g/mol. The Hall–Kier alpha value is -2.64. The summed E-state index contributed by atoms with van der Waals surface area (Å²) in [7, 11) is 0. The summed E-state index contributed by atoms with van der Waals surface area (Å²) in [5.74, 6) is 2.32. The first-order chi connectivity index (χ1) is 15.1. The van der Waals surface area contributed by atoms with Gasteiger partial charge in [0, 0.05) is 54.9 Å². The second-order valence-corrected chi connectivity index (χ2v) is 9.42. The molecule has 0 aromatic heterocycles. The Morgan fingerprint density at radius 2 is 1.84 bits per heavy atom. The number of para-hydroxylation sites is 1. The van der Waals surface area contributed by atoms with E-state index in [1.54, 1.807) is 11.8 Å². The second-order valence-electron chi connectivity index (χ2n) is 8.28. The number of anilines is 2. The Morgan fingerprint density at radius 3 is 2.68 bits per heavy atom. The molecule has 2 fully saturated rings. The summed E-state index contributed by atoms with van der Waals surface area (Å²) < 4.78 is 10.9. The van der Waals surface area contributed by atoms with Gasteiger partial charge in [0.2, 0.25) is 6.79 Å². The van der Waals surface area contributed by atoms with Gasteiger partial charge in [-0.25, -0.2) is 0 Å². The van der Waals surface area contributed by atoms with E-state index >= 15 is 0 Å². The van der Waals surface area contributed by atoms with Crippen LogP contribution in [0.25, 0.3) is 6.08 Å². The first-order valence-corrected chi connectivity index (χ1v) is 11.7. The normalized spacial score (nSPS) is 24.7. The minimum Gasteiger partial charge on any atom is -0.454 e. The highest BCUT2D eigenvalue weighted by Gasteiger charge is 2.28. The van der Waals surface area contributed by atoms with Crippen molar-refractivity contribution in [2.75, 3.05) is 42.0 Å². The lowest BCUT2D eigenvalue weighted by molar-refractivity contribution is -0.114. The van der Waals surface area contributed by atoms with E-state index in [2.05, 4.69) is 48.3 Å². The number of rotatable bonds is 3. The molecule has 1 amide bonds. The van der Waals surface area contributed by atoms with Crippen LogP contribution in [-0.2, 0) is 4.79 Å². The minimum atomic E-state index is 0.0342. The third-order valence-corrected chi connectivity index (χ3v) is 6.81. The number of hydrogen-bond donors (Lipinski definition) is 1. The summed E-state index contributed by atoms with van der Waals surface area (Å²) in [6.07, 6.45) is 2.05. The first-order valence-electron chi connectivity index (χ1n) is 10.7. The van der Waals surface area contributed by atoms with Gasteiger partial charge >= 0.3 is 0 Å². The van der Waals surface area contributed by atoms with E-state index in [9.17, 15) is 4.79 Å². The average Bonchev–Trinajstić information content (AvgIpc) is 3.23. The fourth-order valence-electron chi connectivity index (χ4n) is 4.51. The molecule has 1 N–H and O–H groups in total. The summed E-state index contributed by atoms with van der Waals surface area (Å²) >= 11 is 1.63. The first kappa shape index (κ1) is 20.3. The Balaban J connectivity index is 1.43. The number of carbonyl (C=O) groups is 1. The largest absolute Gasteiger partial charge is 0.454 e. The predicted molar refractivity (Wildman–Crippen MR) is 126 cm³/mol. The van der Waals surface area contributed by atoms with E-state index in [-0.39, 0.29) is 12.7 Å². The molecule has 0 aliphatic carbocycles. The zero-order chi connectivity index (χ0) is 21.4. The summed E-state index contributed by atoms with van der Waals surface area (Å²) in [5.41, 5.74) is 3.12. The SMILES string of the molecule is CC1CN(c2ccccc2C=C2SCCN(c3ccc4c(c3)OCO4)C2=O)CC(C)N1. The number of amides is 1. The Kier molecular flexibility index (Phi) is 5.54. The van der Waals surface area contributed by atoms with Crippen molar-refractivity contribution in [3.8, 4) is 11.5 Å². The quantitative estimate of drug-likeness (QED) is 0.739. The van der Waals surface area contributed by atoms with Crippen LogP contribution in [0.15, 0.2) is 47.4 Å². The summed E-state index contributed by atoms with van der Waals surface area (Å²) in [6, 6.07) is 14.9. The Morgan fingerprint density at radius 1 is 1.06 bits per heavy atom. The number of hydrogen-bond acceptors (Lipinski definition) is 6. The van der Waals surface area contributed by atoms with E-state index in [0.29, 0.717) is 24.4 Å². The molecular weight excluding hydrogens is 410 g/mol. The van der Waals surface area contributed by atoms with Crippen LogP contribution in [0.1, 0.15) is 19.4 Å². The average molecular weight is 438 g/mol. The Labute approximate surface area is 187 Å². The number of fused-ring (bicyclic) bond motifs is 1. The van der Waals surface area contributed by atoms with Gasteiger partial charge in [0.05, 0.1) is 4.91 Å². The van der Waals surface area contributed by atoms with Crippen molar-refractivity contribution in [2.24, 2.45) is 0 Å². The van der Waals surface area contributed by atoms with Gasteiger partial charge in [-0.15, -0.1) is 11.8 Å². The Bertz CT molecular complexity index is 1010. The van der Waals surface area contributed by atoms with Gasteiger partial charge in [0.25, 0.3) is 5.91 Å². The van der Waals surface area contributed by atoms with Gasteiger partial charge in [0.15, 0.2) is 11.5 Å². The number of thioether (sulfide) groups is 1. The molecule has 5 rings (SSSR count). The zero-order valence-electron chi connectivity index (χ0n) is 17.8. The topological polar surface area (TPSA) is 54.0 Å². The highest BCUT2D eigenvalue weighted by atomic mass is 32.2. The van der Waals surface area contributed by atoms with Gasteiger partial charge in [0.1, 0.15) is 0 Å². The zero-order valence-corrected chi connectivity index (χ0v) is 18.7. The maximum Gasteiger partial charge on any atom is 0.264 e. The number of carbonyl (C=O) groups excluding carboxylic acids is 1. The van der Waals surface area contributed by atoms with Crippen LogP contribution in [-0.4, -0.2) is 50.2 Å².